The van der Waals surface area contributed by atoms with Crippen LogP contribution in [0.15, 0.2) is 73.1 Å². The zero-order valence-corrected chi connectivity index (χ0v) is 21.6. The highest BCUT2D eigenvalue weighted by Gasteiger charge is 2.19. The Balaban J connectivity index is 1.33. The van der Waals surface area contributed by atoms with Gasteiger partial charge in [0.2, 0.25) is 0 Å². The molecule has 5 heteroatoms. The molecule has 182 valence electrons. The van der Waals surface area contributed by atoms with Gasteiger partial charge in [-0.3, -0.25) is 9.30 Å². The average Bonchev–Trinajstić information content (AvgIpc) is 3.35. The van der Waals surface area contributed by atoms with Gasteiger partial charge in [-0.25, -0.2) is 4.98 Å². The first kappa shape index (κ1) is 23.4. The van der Waals surface area contributed by atoms with Crippen molar-refractivity contribution >= 4 is 22.7 Å². The van der Waals surface area contributed by atoms with Gasteiger partial charge in [-0.15, -0.1) is 0 Å². The monoisotopic (exact) mass is 467 g/mol. The highest BCUT2D eigenvalue weighted by molar-refractivity contribution is 5.78. The molecule has 1 aliphatic rings. The van der Waals surface area contributed by atoms with E-state index in [0.717, 1.165) is 48.9 Å². The minimum Gasteiger partial charge on any atom is -0.369 e. The molecule has 1 saturated heterocycles. The number of hydrogen-bond donors (Lipinski definition) is 1. The Labute approximate surface area is 209 Å². The number of imidazole rings is 1. The second-order valence-electron chi connectivity index (χ2n) is 10.9. The number of pyridine rings is 1. The fourth-order valence-corrected chi connectivity index (χ4v) is 4.90. The molecule has 1 aliphatic heterocycles. The second-order valence-corrected chi connectivity index (χ2v) is 10.9. The van der Waals surface area contributed by atoms with Crippen LogP contribution in [-0.2, 0) is 5.41 Å². The molecule has 0 amide bonds. The van der Waals surface area contributed by atoms with Gasteiger partial charge in [-0.1, -0.05) is 45.0 Å². The van der Waals surface area contributed by atoms with Crippen LogP contribution in [0.2, 0.25) is 0 Å². The molecule has 1 N–H and O–H groups in total. The van der Waals surface area contributed by atoms with Crippen molar-refractivity contribution in [2.24, 2.45) is 0 Å². The maximum absolute atomic E-state index is 4.66. The minimum absolute atomic E-state index is 0.147. The maximum Gasteiger partial charge on any atom is 0.161 e. The summed E-state index contributed by atoms with van der Waals surface area (Å²) in [5.74, 6) is 0. The van der Waals surface area contributed by atoms with E-state index in [1.54, 1.807) is 0 Å². The van der Waals surface area contributed by atoms with E-state index in [9.17, 15) is 0 Å². The molecule has 0 radical (unpaired) electrons. The molecule has 2 aromatic heterocycles. The molecule has 35 heavy (non-hydrogen) atoms. The van der Waals surface area contributed by atoms with E-state index in [0.29, 0.717) is 6.04 Å². The van der Waals surface area contributed by atoms with E-state index in [1.807, 2.05) is 12.4 Å². The van der Waals surface area contributed by atoms with Crippen LogP contribution in [0.5, 0.6) is 0 Å². The van der Waals surface area contributed by atoms with Crippen LogP contribution in [0.25, 0.3) is 16.9 Å². The van der Waals surface area contributed by atoms with Gasteiger partial charge in [-0.2, -0.15) is 0 Å². The number of aromatic nitrogens is 2. The van der Waals surface area contributed by atoms with E-state index in [1.165, 1.54) is 16.8 Å². The van der Waals surface area contributed by atoms with E-state index in [4.69, 9.17) is 0 Å². The third-order valence-corrected chi connectivity index (χ3v) is 7.15. The molecule has 5 nitrogen and oxygen atoms in total. The third kappa shape index (κ3) is 4.92. The van der Waals surface area contributed by atoms with Crippen LogP contribution in [0, 0.1) is 0 Å². The van der Waals surface area contributed by atoms with Gasteiger partial charge in [0.05, 0.1) is 11.4 Å². The molecule has 4 aromatic rings. The molecule has 0 aliphatic carbocycles. The first-order valence-corrected chi connectivity index (χ1v) is 12.7. The number of rotatable bonds is 5. The molecule has 0 bridgehead atoms. The van der Waals surface area contributed by atoms with Gasteiger partial charge >= 0.3 is 0 Å². The van der Waals surface area contributed by atoms with Gasteiger partial charge in [0.1, 0.15) is 0 Å². The molecule has 3 heterocycles. The molecule has 0 atom stereocenters. The number of anilines is 3. The Morgan fingerprint density at radius 1 is 0.829 bits per heavy atom. The van der Waals surface area contributed by atoms with Crippen LogP contribution >= 0.6 is 0 Å². The Kier molecular flexibility index (Phi) is 6.28. The lowest BCUT2D eigenvalue weighted by molar-refractivity contribution is 0.209. The zero-order chi connectivity index (χ0) is 24.6. The van der Waals surface area contributed by atoms with Crippen molar-refractivity contribution in [3.8, 4) is 11.3 Å². The van der Waals surface area contributed by atoms with Crippen molar-refractivity contribution in [3.05, 3.63) is 78.6 Å². The van der Waals surface area contributed by atoms with Crippen molar-refractivity contribution in [1.82, 2.24) is 14.3 Å². The number of nitrogens with zero attached hydrogens (tertiary/aromatic N) is 4. The Hall–Kier alpha value is -3.31. The minimum atomic E-state index is 0.147. The summed E-state index contributed by atoms with van der Waals surface area (Å²) in [4.78, 5) is 9.69. The Bertz CT molecular complexity index is 1270. The van der Waals surface area contributed by atoms with Gasteiger partial charge in [0.25, 0.3) is 0 Å². The molecule has 0 spiro atoms. The molecular formula is C30H37N5. The molecule has 0 unspecified atom stereocenters. The standard InChI is InChI=1S/C30H37N5/c1-22(2)33-18-20-34(21-19-33)26-12-10-25(11-13-26)32-27-14-15-28(35-17-16-31-29(27)35)23-6-8-24(9-7-23)30(3,4)5/h6-17,22,32H,18-21H2,1-5H3. The largest absolute Gasteiger partial charge is 0.369 e. The number of hydrogen-bond acceptors (Lipinski definition) is 4. The summed E-state index contributed by atoms with van der Waals surface area (Å²) in [5.41, 5.74) is 8.11. The van der Waals surface area contributed by atoms with Gasteiger partial charge in [0, 0.05) is 56.0 Å². The van der Waals surface area contributed by atoms with Crippen molar-refractivity contribution < 1.29 is 0 Å². The van der Waals surface area contributed by atoms with E-state index >= 15 is 0 Å². The summed E-state index contributed by atoms with van der Waals surface area (Å²) >= 11 is 0. The molecule has 0 saturated carbocycles. The van der Waals surface area contributed by atoms with E-state index in [2.05, 4.69) is 120 Å². The highest BCUT2D eigenvalue weighted by atomic mass is 15.3. The summed E-state index contributed by atoms with van der Waals surface area (Å²) in [5, 5.41) is 3.58. The lowest BCUT2D eigenvalue weighted by atomic mass is 9.86. The van der Waals surface area contributed by atoms with Crippen molar-refractivity contribution in [2.75, 3.05) is 36.4 Å². The number of nitrogens with one attached hydrogen (secondary N) is 1. The zero-order valence-electron chi connectivity index (χ0n) is 21.6. The van der Waals surface area contributed by atoms with Crippen LogP contribution in [0.1, 0.15) is 40.2 Å². The quantitative estimate of drug-likeness (QED) is 0.360. The number of piperazine rings is 1. The average molecular weight is 468 g/mol. The highest BCUT2D eigenvalue weighted by Crippen LogP contribution is 2.30. The molecule has 1 fully saturated rings. The lowest BCUT2D eigenvalue weighted by Gasteiger charge is -2.38. The Morgan fingerprint density at radius 2 is 1.51 bits per heavy atom. The number of benzene rings is 2. The fraction of sp³-hybridized carbons (Fsp3) is 0.367. The summed E-state index contributed by atoms with van der Waals surface area (Å²) < 4.78 is 2.16. The van der Waals surface area contributed by atoms with E-state index in [-0.39, 0.29) is 5.41 Å². The maximum atomic E-state index is 4.66. The Morgan fingerprint density at radius 3 is 2.14 bits per heavy atom. The molecule has 2 aromatic carbocycles. The van der Waals surface area contributed by atoms with E-state index < -0.39 is 0 Å². The van der Waals surface area contributed by atoms with Gasteiger partial charge < -0.3 is 10.2 Å². The molecular weight excluding hydrogens is 430 g/mol. The van der Waals surface area contributed by atoms with Crippen LogP contribution < -0.4 is 10.2 Å². The predicted molar refractivity (Wildman–Crippen MR) is 148 cm³/mol. The predicted octanol–water partition coefficient (Wildman–Crippen LogP) is 6.57. The summed E-state index contributed by atoms with van der Waals surface area (Å²) in [6.07, 6.45) is 3.90. The lowest BCUT2D eigenvalue weighted by Crippen LogP contribution is -2.48. The summed E-state index contributed by atoms with van der Waals surface area (Å²) in [6.45, 7) is 15.7. The second kappa shape index (κ2) is 9.38. The normalized spacial score (nSPS) is 15.2. The SMILES string of the molecule is CC(C)N1CCN(c2ccc(Nc3ccc(-c4ccc(C(C)(C)C)cc4)n4ccnc34)cc2)CC1. The fourth-order valence-electron chi connectivity index (χ4n) is 4.90. The first-order valence-electron chi connectivity index (χ1n) is 12.7. The van der Waals surface area contributed by atoms with Crippen molar-refractivity contribution in [2.45, 2.75) is 46.1 Å². The van der Waals surface area contributed by atoms with Gasteiger partial charge in [-0.05, 0) is 66.8 Å². The summed E-state index contributed by atoms with van der Waals surface area (Å²) in [7, 11) is 0. The third-order valence-electron chi connectivity index (χ3n) is 7.15. The van der Waals surface area contributed by atoms with Crippen molar-refractivity contribution in [1.29, 1.82) is 0 Å². The molecule has 5 rings (SSSR count). The van der Waals surface area contributed by atoms with Crippen LogP contribution in [0.3, 0.4) is 0 Å². The van der Waals surface area contributed by atoms with Gasteiger partial charge in [0.15, 0.2) is 5.65 Å². The first-order chi connectivity index (χ1) is 16.8. The van der Waals surface area contributed by atoms with Crippen LogP contribution in [0.4, 0.5) is 17.1 Å². The van der Waals surface area contributed by atoms with Crippen LogP contribution in [-0.4, -0.2) is 46.5 Å². The smallest absolute Gasteiger partial charge is 0.161 e. The topological polar surface area (TPSA) is 35.8 Å². The number of fused-ring (bicyclic) bond motifs is 1. The van der Waals surface area contributed by atoms with Crippen molar-refractivity contribution in [3.63, 3.8) is 0 Å². The summed E-state index contributed by atoms with van der Waals surface area (Å²) in [6, 6.07) is 22.6.